The minimum Gasteiger partial charge on any atom is -0.356 e. The minimum absolute atomic E-state index is 0.752. The Balaban J connectivity index is 1.63. The Hall–Kier alpha value is -1.16. The molecule has 0 radical (unpaired) electrons. The fourth-order valence-electron chi connectivity index (χ4n) is 4.05. The summed E-state index contributed by atoms with van der Waals surface area (Å²) < 4.78 is 0. The van der Waals surface area contributed by atoms with Gasteiger partial charge in [0, 0.05) is 30.9 Å². The quantitative estimate of drug-likeness (QED) is 0.856. The van der Waals surface area contributed by atoms with Gasteiger partial charge in [-0.3, -0.25) is 0 Å². The third kappa shape index (κ3) is 3.27. The van der Waals surface area contributed by atoms with E-state index in [1.54, 1.807) is 0 Å². The first kappa shape index (κ1) is 15.7. The third-order valence-corrected chi connectivity index (χ3v) is 5.58. The molecule has 1 atom stereocenters. The normalized spacial score (nSPS) is 22.2. The van der Waals surface area contributed by atoms with Crippen LogP contribution in [0.2, 0.25) is 0 Å². The highest BCUT2D eigenvalue weighted by molar-refractivity contribution is 5.46. The maximum Gasteiger partial charge on any atom is 0.135 e. The number of nitrogens with zero attached hydrogens (tertiary/aromatic N) is 4. The standard InChI is InChI=1S/C18H30N4/c1-4-16-13-19-15(3)20-18(16)22-11-7-17(8-12-22)14(2)21-9-5-6-10-21/h13-14,17H,4-12H2,1-3H3/t14-/m1/s1. The van der Waals surface area contributed by atoms with Crippen LogP contribution in [0.25, 0.3) is 0 Å². The number of hydrogen-bond acceptors (Lipinski definition) is 4. The summed E-state index contributed by atoms with van der Waals surface area (Å²) in [6.07, 6.45) is 8.40. The van der Waals surface area contributed by atoms with Crippen molar-refractivity contribution in [2.24, 2.45) is 5.92 Å². The summed E-state index contributed by atoms with van der Waals surface area (Å²) in [6.45, 7) is 11.5. The van der Waals surface area contributed by atoms with Crippen molar-refractivity contribution >= 4 is 5.82 Å². The first-order valence-electron chi connectivity index (χ1n) is 9.00. The van der Waals surface area contributed by atoms with E-state index >= 15 is 0 Å². The first-order chi connectivity index (χ1) is 10.7. The number of rotatable bonds is 4. The molecule has 2 aliphatic heterocycles. The van der Waals surface area contributed by atoms with Crippen molar-refractivity contribution in [2.45, 2.75) is 58.9 Å². The number of aryl methyl sites for hydroxylation is 2. The second kappa shape index (κ2) is 6.95. The Bertz CT molecular complexity index is 488. The monoisotopic (exact) mass is 302 g/mol. The topological polar surface area (TPSA) is 32.3 Å². The number of piperidine rings is 1. The van der Waals surface area contributed by atoms with Gasteiger partial charge in [0.05, 0.1) is 0 Å². The summed E-state index contributed by atoms with van der Waals surface area (Å²) >= 11 is 0. The fourth-order valence-corrected chi connectivity index (χ4v) is 4.05. The molecule has 2 saturated heterocycles. The van der Waals surface area contributed by atoms with Gasteiger partial charge >= 0.3 is 0 Å². The van der Waals surface area contributed by atoms with E-state index in [9.17, 15) is 0 Å². The summed E-state index contributed by atoms with van der Waals surface area (Å²) in [5, 5.41) is 0. The molecule has 4 heteroatoms. The van der Waals surface area contributed by atoms with Gasteiger partial charge in [-0.15, -0.1) is 0 Å². The Morgan fingerprint density at radius 2 is 1.86 bits per heavy atom. The second-order valence-corrected chi connectivity index (χ2v) is 6.93. The zero-order valence-electron chi connectivity index (χ0n) is 14.4. The lowest BCUT2D eigenvalue weighted by Crippen LogP contribution is -2.43. The highest BCUT2D eigenvalue weighted by Gasteiger charge is 2.29. The van der Waals surface area contributed by atoms with Crippen molar-refractivity contribution in [3.63, 3.8) is 0 Å². The molecular formula is C18H30N4. The minimum atomic E-state index is 0.752. The van der Waals surface area contributed by atoms with Crippen molar-refractivity contribution in [2.75, 3.05) is 31.1 Å². The number of likely N-dealkylation sites (tertiary alicyclic amines) is 1. The molecule has 22 heavy (non-hydrogen) atoms. The molecule has 0 N–H and O–H groups in total. The summed E-state index contributed by atoms with van der Waals surface area (Å²) in [5.41, 5.74) is 1.29. The second-order valence-electron chi connectivity index (χ2n) is 6.93. The fraction of sp³-hybridized carbons (Fsp3) is 0.778. The summed E-state index contributed by atoms with van der Waals surface area (Å²) in [7, 11) is 0. The van der Waals surface area contributed by atoms with Crippen molar-refractivity contribution < 1.29 is 0 Å². The van der Waals surface area contributed by atoms with E-state index in [1.165, 1.54) is 50.2 Å². The van der Waals surface area contributed by atoms with Gasteiger partial charge in [-0.05, 0) is 65.0 Å². The number of aromatic nitrogens is 2. The van der Waals surface area contributed by atoms with Gasteiger partial charge in [0.15, 0.2) is 0 Å². The molecule has 0 saturated carbocycles. The van der Waals surface area contributed by atoms with Crippen molar-refractivity contribution in [3.8, 4) is 0 Å². The number of anilines is 1. The van der Waals surface area contributed by atoms with Crippen LogP contribution in [0.15, 0.2) is 6.20 Å². The molecule has 0 unspecified atom stereocenters. The van der Waals surface area contributed by atoms with Gasteiger partial charge in [-0.25, -0.2) is 9.97 Å². The van der Waals surface area contributed by atoms with Crippen LogP contribution in [0.1, 0.15) is 50.9 Å². The molecule has 4 nitrogen and oxygen atoms in total. The van der Waals surface area contributed by atoms with Crippen LogP contribution in [-0.4, -0.2) is 47.1 Å². The molecule has 2 fully saturated rings. The lowest BCUT2D eigenvalue weighted by molar-refractivity contribution is 0.167. The molecular weight excluding hydrogens is 272 g/mol. The van der Waals surface area contributed by atoms with Gasteiger partial charge in [0.25, 0.3) is 0 Å². The van der Waals surface area contributed by atoms with Crippen LogP contribution < -0.4 is 4.90 Å². The van der Waals surface area contributed by atoms with E-state index in [4.69, 9.17) is 4.98 Å². The predicted octanol–water partition coefficient (Wildman–Crippen LogP) is 3.05. The van der Waals surface area contributed by atoms with E-state index in [2.05, 4.69) is 28.6 Å². The van der Waals surface area contributed by atoms with E-state index in [0.29, 0.717) is 0 Å². The first-order valence-corrected chi connectivity index (χ1v) is 9.00. The van der Waals surface area contributed by atoms with E-state index in [-0.39, 0.29) is 0 Å². The van der Waals surface area contributed by atoms with E-state index < -0.39 is 0 Å². The van der Waals surface area contributed by atoms with Crippen LogP contribution in [0.5, 0.6) is 0 Å². The molecule has 3 heterocycles. The lowest BCUT2D eigenvalue weighted by Gasteiger charge is -2.39. The van der Waals surface area contributed by atoms with Crippen LogP contribution >= 0.6 is 0 Å². The third-order valence-electron chi connectivity index (χ3n) is 5.58. The van der Waals surface area contributed by atoms with Gasteiger partial charge in [-0.1, -0.05) is 6.92 Å². The SMILES string of the molecule is CCc1cnc(C)nc1N1CCC([C@@H](C)N2CCCC2)CC1. The van der Waals surface area contributed by atoms with Crippen molar-refractivity contribution in [1.82, 2.24) is 14.9 Å². The molecule has 1 aromatic heterocycles. The predicted molar refractivity (Wildman–Crippen MR) is 91.4 cm³/mol. The Morgan fingerprint density at radius 3 is 2.50 bits per heavy atom. The lowest BCUT2D eigenvalue weighted by atomic mass is 9.89. The smallest absolute Gasteiger partial charge is 0.135 e. The summed E-state index contributed by atoms with van der Waals surface area (Å²) in [4.78, 5) is 14.3. The maximum atomic E-state index is 4.72. The molecule has 0 aromatic carbocycles. The molecule has 2 aliphatic rings. The summed E-state index contributed by atoms with van der Waals surface area (Å²) in [5.74, 6) is 2.92. The van der Waals surface area contributed by atoms with Crippen molar-refractivity contribution in [3.05, 3.63) is 17.6 Å². The molecule has 3 rings (SSSR count). The van der Waals surface area contributed by atoms with Crippen LogP contribution in [0.3, 0.4) is 0 Å². The van der Waals surface area contributed by atoms with Gasteiger partial charge in [0.2, 0.25) is 0 Å². The average molecular weight is 302 g/mol. The van der Waals surface area contributed by atoms with Gasteiger partial charge in [0.1, 0.15) is 11.6 Å². The molecule has 0 aliphatic carbocycles. The van der Waals surface area contributed by atoms with Crippen LogP contribution in [-0.2, 0) is 6.42 Å². The van der Waals surface area contributed by atoms with Crippen LogP contribution in [0, 0.1) is 12.8 Å². The van der Waals surface area contributed by atoms with E-state index in [0.717, 1.165) is 37.3 Å². The molecule has 122 valence electrons. The zero-order valence-corrected chi connectivity index (χ0v) is 14.4. The zero-order chi connectivity index (χ0) is 15.5. The highest BCUT2D eigenvalue weighted by atomic mass is 15.2. The Labute approximate surface area is 134 Å². The maximum absolute atomic E-state index is 4.72. The van der Waals surface area contributed by atoms with Gasteiger partial charge < -0.3 is 9.80 Å². The van der Waals surface area contributed by atoms with E-state index in [1.807, 2.05) is 13.1 Å². The Kier molecular flexibility index (Phi) is 4.97. The molecule has 1 aromatic rings. The van der Waals surface area contributed by atoms with Crippen molar-refractivity contribution in [1.29, 1.82) is 0 Å². The van der Waals surface area contributed by atoms with Crippen LogP contribution in [0.4, 0.5) is 5.82 Å². The largest absolute Gasteiger partial charge is 0.356 e. The summed E-state index contributed by atoms with van der Waals surface area (Å²) in [6, 6.07) is 0.752. The Morgan fingerprint density at radius 1 is 1.18 bits per heavy atom. The van der Waals surface area contributed by atoms with Gasteiger partial charge in [-0.2, -0.15) is 0 Å². The molecule has 0 bridgehead atoms. The average Bonchev–Trinajstić information content (AvgIpc) is 3.09. The number of hydrogen-bond donors (Lipinski definition) is 0. The highest BCUT2D eigenvalue weighted by Crippen LogP contribution is 2.29. The molecule has 0 spiro atoms. The molecule has 0 amide bonds.